The number of carbonyl (C=O) groups excluding carboxylic acids is 1. The predicted octanol–water partition coefficient (Wildman–Crippen LogP) is 2.91. The molecule has 0 bridgehead atoms. The van der Waals surface area contributed by atoms with Gasteiger partial charge in [-0.25, -0.2) is 0 Å². The van der Waals surface area contributed by atoms with Crippen molar-refractivity contribution in [3.8, 4) is 5.69 Å². The lowest BCUT2D eigenvalue weighted by atomic mass is 9.92. The van der Waals surface area contributed by atoms with E-state index in [4.69, 9.17) is 11.6 Å². The van der Waals surface area contributed by atoms with E-state index in [1.165, 1.54) is 18.2 Å². The number of tetrazole rings is 1. The van der Waals surface area contributed by atoms with Gasteiger partial charge in [-0.3, -0.25) is 4.79 Å². The number of nitrogens with zero attached hydrogens (tertiary/aromatic N) is 5. The Bertz CT molecular complexity index is 695. The van der Waals surface area contributed by atoms with Gasteiger partial charge >= 0.3 is 0 Å². The Morgan fingerprint density at radius 3 is 2.58 bits per heavy atom. The zero-order chi connectivity index (χ0) is 17.1. The molecular weight excluding hydrogens is 346 g/mol. The van der Waals surface area contributed by atoms with Crippen molar-refractivity contribution in [2.45, 2.75) is 25.4 Å². The highest BCUT2D eigenvalue weighted by Gasteiger charge is 2.25. The lowest BCUT2D eigenvalue weighted by molar-refractivity contribution is -0.130. The molecule has 1 aromatic heterocycles. The number of amides is 1. The maximum Gasteiger partial charge on any atom is 0.233 e. The van der Waals surface area contributed by atoms with Gasteiger partial charge in [0.15, 0.2) is 0 Å². The first kappa shape index (κ1) is 17.2. The van der Waals surface area contributed by atoms with Crippen LogP contribution >= 0.6 is 23.4 Å². The van der Waals surface area contributed by atoms with E-state index in [-0.39, 0.29) is 5.91 Å². The van der Waals surface area contributed by atoms with E-state index < -0.39 is 0 Å². The Morgan fingerprint density at radius 1 is 1.25 bits per heavy atom. The Balaban J connectivity index is 1.64. The molecule has 1 aliphatic heterocycles. The van der Waals surface area contributed by atoms with Gasteiger partial charge in [-0.1, -0.05) is 37.2 Å². The highest BCUT2D eigenvalue weighted by atomic mass is 35.5. The second-order valence-electron chi connectivity index (χ2n) is 6.38. The summed E-state index contributed by atoms with van der Waals surface area (Å²) >= 11 is 7.27. The molecule has 1 aliphatic rings. The molecule has 1 saturated heterocycles. The molecule has 0 radical (unpaired) electrons. The van der Waals surface area contributed by atoms with Crippen molar-refractivity contribution in [1.82, 2.24) is 25.1 Å². The van der Waals surface area contributed by atoms with Crippen LogP contribution in [0.15, 0.2) is 29.4 Å². The minimum atomic E-state index is 0.143. The van der Waals surface area contributed by atoms with Gasteiger partial charge < -0.3 is 4.90 Å². The number of thioether (sulfide) groups is 1. The molecule has 3 rings (SSSR count). The number of carbonyl (C=O) groups is 1. The number of rotatable bonds is 4. The molecule has 1 fully saturated rings. The van der Waals surface area contributed by atoms with E-state index in [0.29, 0.717) is 27.8 Å². The Kier molecular flexibility index (Phi) is 5.40. The van der Waals surface area contributed by atoms with Crippen molar-refractivity contribution in [2.75, 3.05) is 18.8 Å². The van der Waals surface area contributed by atoms with E-state index in [2.05, 4.69) is 29.4 Å². The third-order valence-electron chi connectivity index (χ3n) is 4.06. The normalized spacial score (nSPS) is 21.0. The number of halogens is 1. The van der Waals surface area contributed by atoms with E-state index in [0.717, 1.165) is 18.8 Å². The van der Waals surface area contributed by atoms with Gasteiger partial charge in [-0.15, -0.1) is 5.10 Å². The molecule has 0 unspecified atom stereocenters. The van der Waals surface area contributed by atoms with Crippen LogP contribution < -0.4 is 0 Å². The monoisotopic (exact) mass is 365 g/mol. The highest BCUT2D eigenvalue weighted by Crippen LogP contribution is 2.24. The van der Waals surface area contributed by atoms with Crippen LogP contribution in [0, 0.1) is 11.8 Å². The fourth-order valence-electron chi connectivity index (χ4n) is 3.10. The van der Waals surface area contributed by atoms with Crippen molar-refractivity contribution in [3.63, 3.8) is 0 Å². The highest BCUT2D eigenvalue weighted by molar-refractivity contribution is 7.99. The predicted molar refractivity (Wildman–Crippen MR) is 94.4 cm³/mol. The molecule has 6 nitrogen and oxygen atoms in total. The number of piperidine rings is 1. The minimum Gasteiger partial charge on any atom is -0.341 e. The second kappa shape index (κ2) is 7.53. The number of benzene rings is 1. The number of hydrogen-bond donors (Lipinski definition) is 0. The Labute approximate surface area is 150 Å². The summed E-state index contributed by atoms with van der Waals surface area (Å²) in [6, 6.07) is 7.26. The molecule has 128 valence electrons. The molecule has 8 heteroatoms. The SMILES string of the molecule is C[C@@H]1C[C@H](C)CN(C(=O)CSc2nnnn2-c2ccc(Cl)cc2)C1. The first-order valence-corrected chi connectivity index (χ1v) is 9.34. The molecule has 24 heavy (non-hydrogen) atoms. The van der Waals surface area contributed by atoms with Crippen molar-refractivity contribution < 1.29 is 4.79 Å². The maximum atomic E-state index is 12.5. The molecule has 2 heterocycles. The first-order valence-electron chi connectivity index (χ1n) is 7.98. The van der Waals surface area contributed by atoms with Gasteiger partial charge in [0.05, 0.1) is 11.4 Å². The molecule has 0 N–H and O–H groups in total. The average molecular weight is 366 g/mol. The van der Waals surface area contributed by atoms with Gasteiger partial charge in [0.25, 0.3) is 0 Å². The maximum absolute atomic E-state index is 12.5. The van der Waals surface area contributed by atoms with Crippen molar-refractivity contribution in [2.24, 2.45) is 11.8 Å². The van der Waals surface area contributed by atoms with Crippen molar-refractivity contribution >= 4 is 29.3 Å². The topological polar surface area (TPSA) is 63.9 Å². The van der Waals surface area contributed by atoms with Crippen LogP contribution in [0.2, 0.25) is 5.02 Å². The zero-order valence-corrected chi connectivity index (χ0v) is 15.3. The molecule has 2 aromatic rings. The molecule has 0 saturated carbocycles. The quantitative estimate of drug-likeness (QED) is 0.779. The van der Waals surface area contributed by atoms with Crippen LogP contribution in [0.4, 0.5) is 0 Å². The Morgan fingerprint density at radius 2 is 1.92 bits per heavy atom. The van der Waals surface area contributed by atoms with Crippen LogP contribution in [-0.2, 0) is 4.79 Å². The standard InChI is InChI=1S/C16H20ClN5OS/c1-11-7-12(2)9-21(8-11)15(23)10-24-16-18-19-20-22(16)14-5-3-13(17)4-6-14/h3-6,11-12H,7-10H2,1-2H3/t11-,12+. The zero-order valence-electron chi connectivity index (χ0n) is 13.7. The van der Waals surface area contributed by atoms with E-state index in [1.807, 2.05) is 17.0 Å². The summed E-state index contributed by atoms with van der Waals surface area (Å²) in [5.41, 5.74) is 0.819. The van der Waals surface area contributed by atoms with Crippen molar-refractivity contribution in [3.05, 3.63) is 29.3 Å². The van der Waals surface area contributed by atoms with Crippen LogP contribution in [0.5, 0.6) is 0 Å². The van der Waals surface area contributed by atoms with Crippen LogP contribution in [0.1, 0.15) is 20.3 Å². The summed E-state index contributed by atoms with van der Waals surface area (Å²) in [6.07, 6.45) is 1.19. The van der Waals surface area contributed by atoms with Gasteiger partial charge in [0.2, 0.25) is 11.1 Å². The molecule has 0 spiro atoms. The molecule has 0 aliphatic carbocycles. The lowest BCUT2D eigenvalue weighted by Crippen LogP contribution is -2.43. The van der Waals surface area contributed by atoms with Crippen LogP contribution in [0.3, 0.4) is 0 Å². The molecular formula is C16H20ClN5OS. The lowest BCUT2D eigenvalue weighted by Gasteiger charge is -2.34. The van der Waals surface area contributed by atoms with Gasteiger partial charge in [-0.05, 0) is 52.9 Å². The average Bonchev–Trinajstić information content (AvgIpc) is 3.01. The third-order valence-corrected chi connectivity index (χ3v) is 5.21. The van der Waals surface area contributed by atoms with Gasteiger partial charge in [-0.2, -0.15) is 4.68 Å². The van der Waals surface area contributed by atoms with E-state index in [1.54, 1.807) is 16.8 Å². The fraction of sp³-hybridized carbons (Fsp3) is 0.500. The summed E-state index contributed by atoms with van der Waals surface area (Å²) in [5, 5.41) is 13.0. The first-order chi connectivity index (χ1) is 11.5. The summed E-state index contributed by atoms with van der Waals surface area (Å²) in [7, 11) is 0. The second-order valence-corrected chi connectivity index (χ2v) is 7.76. The number of aromatic nitrogens is 4. The van der Waals surface area contributed by atoms with Gasteiger partial charge in [0, 0.05) is 18.1 Å². The van der Waals surface area contributed by atoms with Gasteiger partial charge in [0.1, 0.15) is 0 Å². The van der Waals surface area contributed by atoms with Crippen LogP contribution in [0.25, 0.3) is 5.69 Å². The summed E-state index contributed by atoms with van der Waals surface area (Å²) in [5.74, 6) is 1.60. The minimum absolute atomic E-state index is 0.143. The number of hydrogen-bond acceptors (Lipinski definition) is 5. The summed E-state index contributed by atoms with van der Waals surface area (Å²) < 4.78 is 1.62. The largest absolute Gasteiger partial charge is 0.341 e. The number of likely N-dealkylation sites (tertiary alicyclic amines) is 1. The smallest absolute Gasteiger partial charge is 0.233 e. The molecule has 2 atom stereocenters. The van der Waals surface area contributed by atoms with Crippen LogP contribution in [-0.4, -0.2) is 49.9 Å². The van der Waals surface area contributed by atoms with Crippen molar-refractivity contribution in [1.29, 1.82) is 0 Å². The fourth-order valence-corrected chi connectivity index (χ4v) is 4.02. The third kappa shape index (κ3) is 4.08. The Hall–Kier alpha value is -1.60. The van der Waals surface area contributed by atoms with E-state index >= 15 is 0 Å². The summed E-state index contributed by atoms with van der Waals surface area (Å²) in [4.78, 5) is 14.4. The molecule has 1 aromatic carbocycles. The molecule has 1 amide bonds. The van der Waals surface area contributed by atoms with E-state index in [9.17, 15) is 4.79 Å². The summed E-state index contributed by atoms with van der Waals surface area (Å²) in [6.45, 7) is 6.08.